The van der Waals surface area contributed by atoms with Gasteiger partial charge >= 0.3 is 5.97 Å². The van der Waals surface area contributed by atoms with Gasteiger partial charge in [-0.25, -0.2) is 4.79 Å². The first-order valence-electron chi connectivity index (χ1n) is 6.43. The summed E-state index contributed by atoms with van der Waals surface area (Å²) in [7, 11) is 0. The van der Waals surface area contributed by atoms with Gasteiger partial charge in [-0.15, -0.1) is 0 Å². The lowest BCUT2D eigenvalue weighted by molar-refractivity contribution is -0.142. The van der Waals surface area contributed by atoms with E-state index in [1.54, 1.807) is 6.92 Å². The van der Waals surface area contributed by atoms with Crippen LogP contribution in [-0.4, -0.2) is 54.0 Å². The van der Waals surface area contributed by atoms with Crippen LogP contribution in [0.5, 0.6) is 0 Å². The van der Waals surface area contributed by atoms with Crippen LogP contribution in [0.15, 0.2) is 0 Å². The van der Waals surface area contributed by atoms with E-state index >= 15 is 0 Å². The van der Waals surface area contributed by atoms with Crippen LogP contribution >= 0.6 is 15.9 Å². The molecule has 3 N–H and O–H groups in total. The number of hydrogen-bond donors (Lipinski definition) is 3. The van der Waals surface area contributed by atoms with Crippen molar-refractivity contribution in [1.82, 2.24) is 10.6 Å². The van der Waals surface area contributed by atoms with Gasteiger partial charge in [0, 0.05) is 13.2 Å². The van der Waals surface area contributed by atoms with Crippen molar-refractivity contribution in [1.29, 1.82) is 0 Å². The third-order valence-corrected chi connectivity index (χ3v) is 2.94. The van der Waals surface area contributed by atoms with Crippen LogP contribution in [-0.2, 0) is 19.1 Å². The molecule has 8 heteroatoms. The summed E-state index contributed by atoms with van der Waals surface area (Å²) >= 11 is 3.02. The molecule has 0 rings (SSSR count). The smallest absolute Gasteiger partial charge is 0.326 e. The van der Waals surface area contributed by atoms with Gasteiger partial charge in [-0.1, -0.05) is 15.9 Å². The zero-order valence-corrected chi connectivity index (χ0v) is 13.1. The highest BCUT2D eigenvalue weighted by atomic mass is 79.9. The number of carboxylic acid groups (broad SMARTS) is 1. The van der Waals surface area contributed by atoms with Crippen molar-refractivity contribution in [3.05, 3.63) is 0 Å². The molecule has 0 aliphatic heterocycles. The van der Waals surface area contributed by atoms with Gasteiger partial charge < -0.3 is 20.5 Å². The second-order valence-electron chi connectivity index (χ2n) is 4.07. The van der Waals surface area contributed by atoms with E-state index in [2.05, 4.69) is 26.6 Å². The third-order valence-electron chi connectivity index (χ3n) is 2.43. The number of nitrogens with one attached hydrogen (secondary N) is 2. The van der Waals surface area contributed by atoms with Crippen LogP contribution in [0, 0.1) is 0 Å². The van der Waals surface area contributed by atoms with Crippen molar-refractivity contribution in [2.75, 3.05) is 25.1 Å². The number of alkyl halides is 1. The molecule has 0 aromatic rings. The number of ether oxygens (including phenoxy) is 1. The maximum Gasteiger partial charge on any atom is 0.326 e. The van der Waals surface area contributed by atoms with Gasteiger partial charge in [0.05, 0.1) is 5.33 Å². The maximum atomic E-state index is 11.4. The standard InChI is InChI=1S/C12H21BrN2O5/c1-2-20-8-11(17)15-9(12(18)19)5-3-4-6-14-10(16)7-13/h9H,2-8H2,1H3,(H,14,16)(H,15,17)(H,18,19). The predicted octanol–water partition coefficient (Wildman–Crippen LogP) is 0.274. The summed E-state index contributed by atoms with van der Waals surface area (Å²) in [4.78, 5) is 33.3. The zero-order valence-electron chi connectivity index (χ0n) is 11.5. The molecule has 1 atom stereocenters. The molecule has 0 saturated carbocycles. The van der Waals surface area contributed by atoms with E-state index in [-0.39, 0.29) is 17.8 Å². The van der Waals surface area contributed by atoms with E-state index in [4.69, 9.17) is 9.84 Å². The second-order valence-corrected chi connectivity index (χ2v) is 4.64. The number of hydrogen-bond acceptors (Lipinski definition) is 4. The number of carbonyl (C=O) groups is 3. The molecule has 7 nitrogen and oxygen atoms in total. The van der Waals surface area contributed by atoms with Gasteiger partial charge in [-0.05, 0) is 26.2 Å². The summed E-state index contributed by atoms with van der Waals surface area (Å²) in [6, 6.07) is -0.921. The number of rotatable bonds is 11. The van der Waals surface area contributed by atoms with Crippen molar-refractivity contribution in [3.8, 4) is 0 Å². The quantitative estimate of drug-likeness (QED) is 0.365. The van der Waals surface area contributed by atoms with Crippen LogP contribution in [0.1, 0.15) is 26.2 Å². The Hall–Kier alpha value is -1.15. The third kappa shape index (κ3) is 9.74. The number of aliphatic carboxylic acids is 1. The summed E-state index contributed by atoms with van der Waals surface area (Å²) in [6.45, 7) is 2.51. The van der Waals surface area contributed by atoms with Crippen LogP contribution in [0.2, 0.25) is 0 Å². The van der Waals surface area contributed by atoms with E-state index in [1.807, 2.05) is 0 Å². The maximum absolute atomic E-state index is 11.4. The summed E-state index contributed by atoms with van der Waals surface area (Å²) < 4.78 is 4.90. The molecule has 0 aromatic heterocycles. The molecule has 0 radical (unpaired) electrons. The molecule has 0 fully saturated rings. The van der Waals surface area contributed by atoms with E-state index in [0.29, 0.717) is 32.4 Å². The molecule has 0 spiro atoms. The highest BCUT2D eigenvalue weighted by Crippen LogP contribution is 2.01. The lowest BCUT2D eigenvalue weighted by Crippen LogP contribution is -2.42. The summed E-state index contributed by atoms with van der Waals surface area (Å²) in [5, 5.41) is 14.3. The molecular weight excluding hydrogens is 332 g/mol. The Kier molecular flexibility index (Phi) is 11.0. The van der Waals surface area contributed by atoms with Crippen molar-refractivity contribution in [3.63, 3.8) is 0 Å². The lowest BCUT2D eigenvalue weighted by Gasteiger charge is -2.14. The summed E-state index contributed by atoms with van der Waals surface area (Å²) in [5.74, 6) is -1.61. The topological polar surface area (TPSA) is 105 Å². The lowest BCUT2D eigenvalue weighted by atomic mass is 10.1. The average Bonchev–Trinajstić information content (AvgIpc) is 2.42. The molecule has 0 bridgehead atoms. The minimum Gasteiger partial charge on any atom is -0.480 e. The fourth-order valence-corrected chi connectivity index (χ4v) is 1.63. The van der Waals surface area contributed by atoms with Crippen molar-refractivity contribution in [2.45, 2.75) is 32.2 Å². The van der Waals surface area contributed by atoms with E-state index < -0.39 is 17.9 Å². The molecule has 1 unspecified atom stereocenters. The largest absolute Gasteiger partial charge is 0.480 e. The van der Waals surface area contributed by atoms with Crippen LogP contribution in [0.3, 0.4) is 0 Å². The molecule has 20 heavy (non-hydrogen) atoms. The Morgan fingerprint density at radius 1 is 1.25 bits per heavy atom. The summed E-state index contributed by atoms with van der Waals surface area (Å²) in [5.41, 5.74) is 0. The van der Waals surface area contributed by atoms with Gasteiger partial charge in [0.1, 0.15) is 12.6 Å². The van der Waals surface area contributed by atoms with Gasteiger partial charge in [-0.2, -0.15) is 0 Å². The summed E-state index contributed by atoms with van der Waals surface area (Å²) in [6.07, 6.45) is 1.57. The molecule has 116 valence electrons. The van der Waals surface area contributed by atoms with Gasteiger partial charge in [0.25, 0.3) is 0 Å². The Balaban J connectivity index is 3.89. The van der Waals surface area contributed by atoms with Crippen molar-refractivity contribution in [2.24, 2.45) is 0 Å². The van der Waals surface area contributed by atoms with E-state index in [9.17, 15) is 14.4 Å². The Labute approximate surface area is 126 Å². The minimum absolute atomic E-state index is 0.107. The first-order chi connectivity index (χ1) is 9.51. The minimum atomic E-state index is -1.07. The Bertz CT molecular complexity index is 325. The van der Waals surface area contributed by atoms with Crippen LogP contribution in [0.4, 0.5) is 0 Å². The fourth-order valence-electron chi connectivity index (χ4n) is 1.44. The van der Waals surface area contributed by atoms with Gasteiger partial charge in [0.15, 0.2) is 0 Å². The number of halogens is 1. The normalized spacial score (nSPS) is 11.7. The molecule has 2 amide bonds. The number of carbonyl (C=O) groups excluding carboxylic acids is 2. The first kappa shape index (κ1) is 18.9. The Morgan fingerprint density at radius 3 is 2.50 bits per heavy atom. The van der Waals surface area contributed by atoms with Crippen molar-refractivity contribution >= 4 is 33.7 Å². The molecule has 0 aliphatic carbocycles. The van der Waals surface area contributed by atoms with E-state index in [1.165, 1.54) is 0 Å². The van der Waals surface area contributed by atoms with Crippen LogP contribution < -0.4 is 10.6 Å². The van der Waals surface area contributed by atoms with E-state index in [0.717, 1.165) is 0 Å². The van der Waals surface area contributed by atoms with Crippen LogP contribution in [0.25, 0.3) is 0 Å². The van der Waals surface area contributed by atoms with Crippen molar-refractivity contribution < 1.29 is 24.2 Å². The van der Waals surface area contributed by atoms with Gasteiger partial charge in [0.2, 0.25) is 11.8 Å². The second kappa shape index (κ2) is 11.7. The number of carboxylic acids is 1. The Morgan fingerprint density at radius 2 is 1.95 bits per heavy atom. The molecular formula is C12H21BrN2O5. The highest BCUT2D eigenvalue weighted by molar-refractivity contribution is 9.09. The predicted molar refractivity (Wildman–Crippen MR) is 76.7 cm³/mol. The molecule has 0 aliphatic rings. The molecule has 0 saturated heterocycles. The fraction of sp³-hybridized carbons (Fsp3) is 0.750. The monoisotopic (exact) mass is 352 g/mol. The first-order valence-corrected chi connectivity index (χ1v) is 7.56. The average molecular weight is 353 g/mol. The molecule has 0 aromatic carbocycles. The number of amides is 2. The SMILES string of the molecule is CCOCC(=O)NC(CCCCNC(=O)CBr)C(=O)O. The van der Waals surface area contributed by atoms with Gasteiger partial charge in [-0.3, -0.25) is 9.59 Å². The number of unbranched alkanes of at least 4 members (excludes halogenated alkanes) is 1. The zero-order chi connectivity index (χ0) is 15.4. The molecule has 0 heterocycles. The highest BCUT2D eigenvalue weighted by Gasteiger charge is 2.19.